The number of amides is 1. The number of aryl methyl sites for hydroxylation is 1. The first kappa shape index (κ1) is 17.2. The molecule has 0 atom stereocenters. The molecule has 0 saturated heterocycles. The van der Waals surface area contributed by atoms with Crippen LogP contribution in [0.15, 0.2) is 36.5 Å². The van der Waals surface area contributed by atoms with Gasteiger partial charge >= 0.3 is 0 Å². The predicted molar refractivity (Wildman–Crippen MR) is 88.1 cm³/mol. The summed E-state index contributed by atoms with van der Waals surface area (Å²) in [5.41, 5.74) is 2.46. The molecule has 2 rings (SSSR count). The van der Waals surface area contributed by atoms with Crippen LogP contribution in [0.25, 0.3) is 5.69 Å². The number of nitrogens with one attached hydrogen (secondary N) is 2. The fourth-order valence-corrected chi connectivity index (χ4v) is 2.56. The molecule has 1 amide bonds. The van der Waals surface area contributed by atoms with E-state index in [0.717, 1.165) is 17.6 Å². The van der Waals surface area contributed by atoms with Crippen molar-refractivity contribution in [1.82, 2.24) is 19.8 Å². The monoisotopic (exact) mass is 336 g/mol. The Balaban J connectivity index is 1.85. The topological polar surface area (TPSA) is 93.1 Å². The number of aromatic nitrogens is 2. The summed E-state index contributed by atoms with van der Waals surface area (Å²) in [5.74, 6) is -0.187. The molecule has 0 radical (unpaired) electrons. The molecule has 0 aliphatic rings. The average Bonchev–Trinajstić information content (AvgIpc) is 2.92. The minimum Gasteiger partial charge on any atom is -0.352 e. The van der Waals surface area contributed by atoms with Crippen LogP contribution in [0.5, 0.6) is 0 Å². The third-order valence-corrected chi connectivity index (χ3v) is 3.94. The number of nitrogens with zero attached hydrogens (tertiary/aromatic N) is 2. The second-order valence-electron chi connectivity index (χ2n) is 5.21. The zero-order valence-corrected chi connectivity index (χ0v) is 13.9. The second kappa shape index (κ2) is 7.38. The van der Waals surface area contributed by atoms with Crippen LogP contribution < -0.4 is 10.0 Å². The van der Waals surface area contributed by atoms with Crippen molar-refractivity contribution in [3.05, 3.63) is 47.8 Å². The lowest BCUT2D eigenvalue weighted by molar-refractivity contribution is 0.0953. The van der Waals surface area contributed by atoms with E-state index in [0.29, 0.717) is 25.1 Å². The number of hydrogen-bond donors (Lipinski definition) is 2. The van der Waals surface area contributed by atoms with E-state index < -0.39 is 10.0 Å². The first-order valence-corrected chi connectivity index (χ1v) is 9.10. The number of hydrogen-bond acceptors (Lipinski definition) is 4. The lowest BCUT2D eigenvalue weighted by Crippen LogP contribution is -2.29. The van der Waals surface area contributed by atoms with Crippen LogP contribution in [-0.2, 0) is 10.0 Å². The van der Waals surface area contributed by atoms with Gasteiger partial charge in [-0.1, -0.05) is 0 Å². The van der Waals surface area contributed by atoms with Crippen LogP contribution in [-0.4, -0.2) is 43.5 Å². The standard InChI is InChI=1S/C15H20N4O3S/c1-12-8-11-17-19(12)14-6-4-13(5-7-14)15(20)16-9-3-10-18-23(2,21)22/h4-8,11,18H,3,9-10H2,1-2H3,(H,16,20). The van der Waals surface area contributed by atoms with Gasteiger partial charge in [-0.05, 0) is 43.7 Å². The fourth-order valence-electron chi connectivity index (χ4n) is 2.04. The highest BCUT2D eigenvalue weighted by atomic mass is 32.2. The van der Waals surface area contributed by atoms with Gasteiger partial charge in [-0.25, -0.2) is 17.8 Å². The Morgan fingerprint density at radius 2 is 1.87 bits per heavy atom. The van der Waals surface area contributed by atoms with E-state index in [9.17, 15) is 13.2 Å². The van der Waals surface area contributed by atoms with Crippen molar-refractivity contribution in [3.63, 3.8) is 0 Å². The Kier molecular flexibility index (Phi) is 5.51. The minimum absolute atomic E-state index is 0.187. The van der Waals surface area contributed by atoms with Gasteiger partial charge in [0, 0.05) is 30.5 Å². The summed E-state index contributed by atoms with van der Waals surface area (Å²) < 4.78 is 26.0. The SMILES string of the molecule is Cc1ccnn1-c1ccc(C(=O)NCCCNS(C)(=O)=O)cc1. The zero-order valence-electron chi connectivity index (χ0n) is 13.1. The highest BCUT2D eigenvalue weighted by molar-refractivity contribution is 7.88. The van der Waals surface area contributed by atoms with Crippen LogP contribution in [0, 0.1) is 6.92 Å². The molecule has 0 bridgehead atoms. The Hall–Kier alpha value is -2.19. The molecule has 124 valence electrons. The molecular weight excluding hydrogens is 316 g/mol. The average molecular weight is 336 g/mol. The quantitative estimate of drug-likeness (QED) is 0.733. The summed E-state index contributed by atoms with van der Waals surface area (Å²) in [6, 6.07) is 9.05. The predicted octanol–water partition coefficient (Wildman–Crippen LogP) is 0.850. The molecule has 0 unspecified atom stereocenters. The van der Waals surface area contributed by atoms with Gasteiger partial charge in [0.05, 0.1) is 11.9 Å². The molecular formula is C15H20N4O3S. The van der Waals surface area contributed by atoms with Crippen molar-refractivity contribution in [3.8, 4) is 5.69 Å². The molecule has 1 aromatic heterocycles. The van der Waals surface area contributed by atoms with Gasteiger partial charge in [0.1, 0.15) is 0 Å². The Morgan fingerprint density at radius 3 is 2.43 bits per heavy atom. The van der Waals surface area contributed by atoms with Crippen LogP contribution in [0.2, 0.25) is 0 Å². The molecule has 2 N–H and O–H groups in total. The maximum Gasteiger partial charge on any atom is 0.251 e. The van der Waals surface area contributed by atoms with Crippen LogP contribution in [0.4, 0.5) is 0 Å². The smallest absolute Gasteiger partial charge is 0.251 e. The highest BCUT2D eigenvalue weighted by Crippen LogP contribution is 2.11. The van der Waals surface area contributed by atoms with Gasteiger partial charge in [-0.2, -0.15) is 5.10 Å². The summed E-state index contributed by atoms with van der Waals surface area (Å²) in [5, 5.41) is 6.97. The number of carbonyl (C=O) groups excluding carboxylic acids is 1. The van der Waals surface area contributed by atoms with Gasteiger partial charge in [-0.3, -0.25) is 4.79 Å². The summed E-state index contributed by atoms with van der Waals surface area (Å²) >= 11 is 0. The third kappa shape index (κ3) is 5.19. The van der Waals surface area contributed by atoms with Crippen molar-refractivity contribution < 1.29 is 13.2 Å². The Bertz CT molecular complexity index is 766. The van der Waals surface area contributed by atoms with E-state index >= 15 is 0 Å². The van der Waals surface area contributed by atoms with Gasteiger partial charge in [0.15, 0.2) is 0 Å². The second-order valence-corrected chi connectivity index (χ2v) is 7.04. The van der Waals surface area contributed by atoms with Crippen LogP contribution >= 0.6 is 0 Å². The summed E-state index contributed by atoms with van der Waals surface area (Å²) in [4.78, 5) is 12.0. The van der Waals surface area contributed by atoms with Gasteiger partial charge < -0.3 is 5.32 Å². The number of sulfonamides is 1. The van der Waals surface area contributed by atoms with Crippen LogP contribution in [0.3, 0.4) is 0 Å². The third-order valence-electron chi connectivity index (χ3n) is 3.21. The summed E-state index contributed by atoms with van der Waals surface area (Å²) in [6.07, 6.45) is 3.36. The first-order valence-electron chi connectivity index (χ1n) is 7.21. The lowest BCUT2D eigenvalue weighted by Gasteiger charge is -2.07. The van der Waals surface area contributed by atoms with Gasteiger partial charge in [-0.15, -0.1) is 0 Å². The van der Waals surface area contributed by atoms with Crippen LogP contribution in [0.1, 0.15) is 22.5 Å². The van der Waals surface area contributed by atoms with E-state index in [1.54, 1.807) is 23.0 Å². The molecule has 0 aliphatic heterocycles. The Labute approximate surface area is 135 Å². The molecule has 0 saturated carbocycles. The molecule has 1 heterocycles. The molecule has 7 nitrogen and oxygen atoms in total. The van der Waals surface area contributed by atoms with E-state index in [1.807, 2.05) is 25.1 Å². The van der Waals surface area contributed by atoms with Crippen molar-refractivity contribution in [1.29, 1.82) is 0 Å². The number of carbonyl (C=O) groups is 1. The van der Waals surface area contributed by atoms with Crippen molar-refractivity contribution >= 4 is 15.9 Å². The van der Waals surface area contributed by atoms with E-state index in [1.165, 1.54) is 0 Å². The first-order chi connectivity index (χ1) is 10.9. The van der Waals surface area contributed by atoms with Gasteiger partial charge in [0.2, 0.25) is 10.0 Å². The van der Waals surface area contributed by atoms with E-state index in [-0.39, 0.29) is 5.91 Å². The minimum atomic E-state index is -3.18. The normalized spacial score (nSPS) is 11.4. The summed E-state index contributed by atoms with van der Waals surface area (Å²) in [7, 11) is -3.18. The largest absolute Gasteiger partial charge is 0.352 e. The molecule has 0 spiro atoms. The van der Waals surface area contributed by atoms with E-state index in [4.69, 9.17) is 0 Å². The number of rotatable bonds is 7. The van der Waals surface area contributed by atoms with E-state index in [2.05, 4.69) is 15.1 Å². The molecule has 23 heavy (non-hydrogen) atoms. The molecule has 8 heteroatoms. The number of benzene rings is 1. The Morgan fingerprint density at radius 1 is 1.17 bits per heavy atom. The molecule has 0 fully saturated rings. The zero-order chi connectivity index (χ0) is 16.9. The van der Waals surface area contributed by atoms with Gasteiger partial charge in [0.25, 0.3) is 5.91 Å². The maximum atomic E-state index is 12.0. The molecule has 1 aromatic carbocycles. The highest BCUT2D eigenvalue weighted by Gasteiger charge is 2.07. The van der Waals surface area contributed by atoms with Crippen molar-refractivity contribution in [2.45, 2.75) is 13.3 Å². The molecule has 2 aromatic rings. The fraction of sp³-hybridized carbons (Fsp3) is 0.333. The summed E-state index contributed by atoms with van der Waals surface area (Å²) in [6.45, 7) is 2.66. The lowest BCUT2D eigenvalue weighted by atomic mass is 10.2. The van der Waals surface area contributed by atoms with Crippen molar-refractivity contribution in [2.75, 3.05) is 19.3 Å². The van der Waals surface area contributed by atoms with Crippen molar-refractivity contribution in [2.24, 2.45) is 0 Å². The maximum absolute atomic E-state index is 12.0. The molecule has 0 aliphatic carbocycles.